The molecule has 1 aromatic rings. The third-order valence-electron chi connectivity index (χ3n) is 3.27. The number of hydrogen-bond acceptors (Lipinski definition) is 2. The summed E-state index contributed by atoms with van der Waals surface area (Å²) >= 11 is 3.42. The van der Waals surface area contributed by atoms with Gasteiger partial charge in [0.1, 0.15) is 11.6 Å². The van der Waals surface area contributed by atoms with E-state index in [0.717, 1.165) is 44.1 Å². The minimum absolute atomic E-state index is 0.320. The molecule has 0 saturated carbocycles. The number of nitrogens with zero attached hydrogens (tertiary/aromatic N) is 2. The van der Waals surface area contributed by atoms with Crippen LogP contribution in [0.25, 0.3) is 0 Å². The van der Waals surface area contributed by atoms with Gasteiger partial charge in [-0.25, -0.2) is 8.78 Å². The van der Waals surface area contributed by atoms with Gasteiger partial charge in [0.25, 0.3) is 0 Å². The quantitative estimate of drug-likeness (QED) is 0.787. The average Bonchev–Trinajstić information content (AvgIpc) is 2.37. The second kappa shape index (κ2) is 6.59. The van der Waals surface area contributed by atoms with E-state index in [1.807, 2.05) is 0 Å². The number of benzene rings is 1. The van der Waals surface area contributed by atoms with Crippen molar-refractivity contribution in [3.63, 3.8) is 0 Å². The monoisotopic (exact) mass is 318 g/mol. The molecule has 1 aliphatic heterocycles. The summed E-state index contributed by atoms with van der Waals surface area (Å²) < 4.78 is 26.6. The molecule has 0 spiro atoms. The van der Waals surface area contributed by atoms with Gasteiger partial charge in [-0.15, -0.1) is 0 Å². The molecule has 2 rings (SSSR count). The highest BCUT2D eigenvalue weighted by Crippen LogP contribution is 2.14. The Hall–Kier alpha value is -0.520. The summed E-state index contributed by atoms with van der Waals surface area (Å²) in [4.78, 5) is 4.54. The lowest BCUT2D eigenvalue weighted by atomic mass is 10.2. The molecule has 2 nitrogen and oxygen atoms in total. The number of halogens is 3. The minimum atomic E-state index is -0.371. The smallest absolute Gasteiger partial charge is 0.127 e. The molecule has 1 aliphatic rings. The van der Waals surface area contributed by atoms with E-state index in [-0.39, 0.29) is 11.6 Å². The van der Waals surface area contributed by atoms with Crippen LogP contribution in [0.15, 0.2) is 18.2 Å². The molecule has 0 N–H and O–H groups in total. The maximum Gasteiger partial charge on any atom is 0.127 e. The summed E-state index contributed by atoms with van der Waals surface area (Å²) in [5.74, 6) is -0.691. The average molecular weight is 319 g/mol. The van der Waals surface area contributed by atoms with E-state index >= 15 is 0 Å². The normalized spacial score (nSPS) is 18.2. The Bertz CT molecular complexity index is 393. The van der Waals surface area contributed by atoms with Crippen molar-refractivity contribution in [2.75, 3.05) is 38.1 Å². The third kappa shape index (κ3) is 3.73. The summed E-state index contributed by atoms with van der Waals surface area (Å²) in [5, 5.41) is 0.978. The van der Waals surface area contributed by atoms with Crippen LogP contribution in [0.5, 0.6) is 0 Å². The van der Waals surface area contributed by atoms with Gasteiger partial charge in [0, 0.05) is 50.2 Å². The van der Waals surface area contributed by atoms with Crippen LogP contribution >= 0.6 is 15.9 Å². The van der Waals surface area contributed by atoms with Crippen molar-refractivity contribution in [1.29, 1.82) is 0 Å². The van der Waals surface area contributed by atoms with Gasteiger partial charge < -0.3 is 0 Å². The second-order valence-electron chi connectivity index (χ2n) is 4.54. The molecule has 0 bridgehead atoms. The van der Waals surface area contributed by atoms with Crippen molar-refractivity contribution in [3.05, 3.63) is 35.4 Å². The lowest BCUT2D eigenvalue weighted by Crippen LogP contribution is -2.46. The molecule has 0 aromatic heterocycles. The molecule has 0 atom stereocenters. The SMILES string of the molecule is Fc1ccc(F)c(CN2CCN(CCBr)CC2)c1. The Morgan fingerprint density at radius 1 is 1.06 bits per heavy atom. The predicted octanol–water partition coefficient (Wildman–Crippen LogP) is 2.48. The first kappa shape index (κ1) is 13.9. The van der Waals surface area contributed by atoms with E-state index in [2.05, 4.69) is 25.7 Å². The molecule has 0 unspecified atom stereocenters. The fourth-order valence-electron chi connectivity index (χ4n) is 2.20. The highest BCUT2D eigenvalue weighted by Gasteiger charge is 2.17. The van der Waals surface area contributed by atoms with Crippen LogP contribution in [0.2, 0.25) is 0 Å². The van der Waals surface area contributed by atoms with Crippen molar-refractivity contribution in [3.8, 4) is 0 Å². The van der Waals surface area contributed by atoms with Crippen LogP contribution in [0.4, 0.5) is 8.78 Å². The molecule has 18 heavy (non-hydrogen) atoms. The zero-order chi connectivity index (χ0) is 13.0. The van der Waals surface area contributed by atoms with Crippen molar-refractivity contribution in [2.45, 2.75) is 6.54 Å². The Labute approximate surface area is 115 Å². The highest BCUT2D eigenvalue weighted by molar-refractivity contribution is 9.09. The topological polar surface area (TPSA) is 6.48 Å². The van der Waals surface area contributed by atoms with Crippen molar-refractivity contribution in [2.24, 2.45) is 0 Å². The molecule has 0 amide bonds. The Kier molecular flexibility index (Phi) is 5.09. The first-order valence-electron chi connectivity index (χ1n) is 6.13. The van der Waals surface area contributed by atoms with Gasteiger partial charge in [0.05, 0.1) is 0 Å². The van der Waals surface area contributed by atoms with Crippen LogP contribution in [0.3, 0.4) is 0 Å². The second-order valence-corrected chi connectivity index (χ2v) is 5.34. The van der Waals surface area contributed by atoms with Gasteiger partial charge in [0.2, 0.25) is 0 Å². The molecule has 100 valence electrons. The van der Waals surface area contributed by atoms with Crippen molar-refractivity contribution < 1.29 is 8.78 Å². The van der Waals surface area contributed by atoms with E-state index in [4.69, 9.17) is 0 Å². The number of rotatable bonds is 4. The van der Waals surface area contributed by atoms with E-state index in [1.165, 1.54) is 12.1 Å². The number of hydrogen-bond donors (Lipinski definition) is 0. The van der Waals surface area contributed by atoms with Crippen LogP contribution in [0, 0.1) is 11.6 Å². The fourth-order valence-corrected chi connectivity index (χ4v) is 2.70. The predicted molar refractivity (Wildman–Crippen MR) is 71.9 cm³/mol. The van der Waals surface area contributed by atoms with E-state index < -0.39 is 0 Å². The van der Waals surface area contributed by atoms with Crippen molar-refractivity contribution >= 4 is 15.9 Å². The Morgan fingerprint density at radius 3 is 2.39 bits per heavy atom. The van der Waals surface area contributed by atoms with Crippen LogP contribution in [0.1, 0.15) is 5.56 Å². The molecule has 1 saturated heterocycles. The van der Waals surface area contributed by atoms with Gasteiger partial charge >= 0.3 is 0 Å². The molecule has 1 fully saturated rings. The lowest BCUT2D eigenvalue weighted by molar-refractivity contribution is 0.132. The molecule has 5 heteroatoms. The van der Waals surface area contributed by atoms with Crippen LogP contribution in [-0.4, -0.2) is 47.9 Å². The first-order valence-corrected chi connectivity index (χ1v) is 7.26. The molecule has 1 heterocycles. The van der Waals surface area contributed by atoms with E-state index in [1.54, 1.807) is 0 Å². The maximum absolute atomic E-state index is 13.5. The summed E-state index contributed by atoms with van der Waals surface area (Å²) in [6.07, 6.45) is 0. The summed E-state index contributed by atoms with van der Waals surface area (Å²) in [5.41, 5.74) is 0.448. The van der Waals surface area contributed by atoms with Gasteiger partial charge in [-0.05, 0) is 18.2 Å². The largest absolute Gasteiger partial charge is 0.300 e. The Morgan fingerprint density at radius 2 is 1.72 bits per heavy atom. The summed E-state index contributed by atoms with van der Waals surface area (Å²) in [6.45, 7) is 5.32. The Balaban J connectivity index is 1.89. The zero-order valence-electron chi connectivity index (χ0n) is 10.2. The lowest BCUT2D eigenvalue weighted by Gasteiger charge is -2.34. The highest BCUT2D eigenvalue weighted by atomic mass is 79.9. The molecular weight excluding hydrogens is 302 g/mol. The van der Waals surface area contributed by atoms with Gasteiger partial charge in [0.15, 0.2) is 0 Å². The molecular formula is C13H17BrF2N2. The van der Waals surface area contributed by atoms with Gasteiger partial charge in [-0.1, -0.05) is 15.9 Å². The van der Waals surface area contributed by atoms with Crippen LogP contribution < -0.4 is 0 Å². The first-order chi connectivity index (χ1) is 8.69. The summed E-state index contributed by atoms with van der Waals surface area (Å²) in [6, 6.07) is 3.65. The van der Waals surface area contributed by atoms with E-state index in [0.29, 0.717) is 12.1 Å². The fraction of sp³-hybridized carbons (Fsp3) is 0.538. The van der Waals surface area contributed by atoms with Gasteiger partial charge in [-0.3, -0.25) is 9.80 Å². The molecule has 1 aromatic carbocycles. The number of piperazine rings is 1. The molecule has 0 radical (unpaired) electrons. The summed E-state index contributed by atoms with van der Waals surface area (Å²) in [7, 11) is 0. The van der Waals surface area contributed by atoms with Crippen LogP contribution in [-0.2, 0) is 6.54 Å². The standard InChI is InChI=1S/C13H17BrF2N2/c14-3-4-17-5-7-18(8-6-17)10-11-9-12(15)1-2-13(11)16/h1-2,9H,3-8,10H2. The molecule has 0 aliphatic carbocycles. The maximum atomic E-state index is 13.5. The zero-order valence-corrected chi connectivity index (χ0v) is 11.8. The number of alkyl halides is 1. The third-order valence-corrected chi connectivity index (χ3v) is 3.62. The van der Waals surface area contributed by atoms with Crippen molar-refractivity contribution in [1.82, 2.24) is 9.80 Å². The van der Waals surface area contributed by atoms with Gasteiger partial charge in [-0.2, -0.15) is 0 Å². The minimum Gasteiger partial charge on any atom is -0.300 e. The van der Waals surface area contributed by atoms with E-state index in [9.17, 15) is 8.78 Å².